The largest absolute Gasteiger partial charge is 0.314 e. The van der Waals surface area contributed by atoms with E-state index in [-0.39, 0.29) is 0 Å². The molecule has 1 aromatic heterocycles. The molecule has 72 valence electrons. The summed E-state index contributed by atoms with van der Waals surface area (Å²) >= 11 is 0. The molecule has 1 fully saturated rings. The molecule has 1 atom stereocenters. The Morgan fingerprint density at radius 3 is 2.54 bits per heavy atom. The van der Waals surface area contributed by atoms with Crippen molar-refractivity contribution in [3.63, 3.8) is 0 Å². The van der Waals surface area contributed by atoms with E-state index in [2.05, 4.69) is 17.2 Å². The van der Waals surface area contributed by atoms with Crippen molar-refractivity contribution in [2.45, 2.75) is 32.7 Å². The zero-order valence-corrected chi connectivity index (χ0v) is 8.46. The van der Waals surface area contributed by atoms with Crippen molar-refractivity contribution in [3.8, 4) is 0 Å². The first-order valence-electron chi connectivity index (χ1n) is 4.90. The molecule has 1 aliphatic rings. The van der Waals surface area contributed by atoms with Gasteiger partial charge in [-0.25, -0.2) is 0 Å². The van der Waals surface area contributed by atoms with Gasteiger partial charge in [0.2, 0.25) is 0 Å². The van der Waals surface area contributed by atoms with Gasteiger partial charge in [-0.05, 0) is 45.4 Å². The minimum Gasteiger partial charge on any atom is -0.314 e. The van der Waals surface area contributed by atoms with Gasteiger partial charge >= 0.3 is 0 Å². The molecule has 0 spiro atoms. The summed E-state index contributed by atoms with van der Waals surface area (Å²) in [5, 5.41) is 3.32. The average molecular weight is 178 g/mol. The molecule has 1 saturated heterocycles. The van der Waals surface area contributed by atoms with Crippen LogP contribution in [0.4, 0.5) is 0 Å². The van der Waals surface area contributed by atoms with Gasteiger partial charge < -0.3 is 5.32 Å². The maximum absolute atomic E-state index is 3.98. The van der Waals surface area contributed by atoms with Gasteiger partial charge in [0.05, 0.1) is 0 Å². The monoisotopic (exact) mass is 178 g/mol. The topological polar surface area (TPSA) is 24.9 Å². The molecule has 0 bridgehead atoms. The Hall–Kier alpha value is -0.890. The van der Waals surface area contributed by atoms with E-state index in [9.17, 15) is 0 Å². The van der Waals surface area contributed by atoms with Gasteiger partial charge in [-0.15, -0.1) is 0 Å². The van der Waals surface area contributed by atoms with Crippen LogP contribution in [0, 0.1) is 6.92 Å². The summed E-state index contributed by atoms with van der Waals surface area (Å²) in [5.74, 6) is 0. The lowest BCUT2D eigenvalue weighted by Crippen LogP contribution is -2.16. The molecule has 2 heterocycles. The van der Waals surface area contributed by atoms with E-state index in [0.717, 1.165) is 11.7 Å². The van der Waals surface area contributed by atoms with Crippen LogP contribution < -0.4 is 5.32 Å². The van der Waals surface area contributed by atoms with E-state index in [1.807, 2.05) is 25.1 Å². The molecule has 0 radical (unpaired) electrons. The zero-order valence-electron chi connectivity index (χ0n) is 8.46. The van der Waals surface area contributed by atoms with Crippen molar-refractivity contribution >= 4 is 0 Å². The first kappa shape index (κ1) is 10.2. The SMILES string of the molecule is CC1CCCN1.Cc1ccccn1. The number of aromatic nitrogens is 1. The van der Waals surface area contributed by atoms with E-state index in [1.165, 1.54) is 19.4 Å². The highest BCUT2D eigenvalue weighted by molar-refractivity contribution is 4.99. The molecule has 0 saturated carbocycles. The van der Waals surface area contributed by atoms with Gasteiger partial charge in [0.15, 0.2) is 0 Å². The summed E-state index contributed by atoms with van der Waals surface area (Å²) in [6, 6.07) is 6.65. The van der Waals surface area contributed by atoms with Crippen LogP contribution in [0.5, 0.6) is 0 Å². The standard InChI is InChI=1S/C6H7N.C5H11N/c1-6-4-2-3-5-7-6;1-5-3-2-4-6-5/h2-5H,1H3;5-6H,2-4H2,1H3. The molecule has 1 unspecified atom stereocenters. The number of hydrogen-bond donors (Lipinski definition) is 1. The fourth-order valence-corrected chi connectivity index (χ4v) is 1.31. The third-order valence-electron chi connectivity index (χ3n) is 2.12. The smallest absolute Gasteiger partial charge is 0.0372 e. The molecule has 0 aliphatic carbocycles. The van der Waals surface area contributed by atoms with E-state index in [0.29, 0.717) is 0 Å². The summed E-state index contributed by atoms with van der Waals surface area (Å²) in [5.41, 5.74) is 1.07. The highest BCUT2D eigenvalue weighted by Gasteiger charge is 2.05. The maximum Gasteiger partial charge on any atom is 0.0372 e. The fourth-order valence-electron chi connectivity index (χ4n) is 1.31. The lowest BCUT2D eigenvalue weighted by molar-refractivity contribution is 0.664. The van der Waals surface area contributed by atoms with Gasteiger partial charge in [-0.2, -0.15) is 0 Å². The van der Waals surface area contributed by atoms with Crippen LogP contribution in [0.3, 0.4) is 0 Å². The first-order valence-corrected chi connectivity index (χ1v) is 4.90. The van der Waals surface area contributed by atoms with Gasteiger partial charge in [-0.1, -0.05) is 6.07 Å². The van der Waals surface area contributed by atoms with Crippen LogP contribution in [0.2, 0.25) is 0 Å². The molecule has 13 heavy (non-hydrogen) atoms. The molecule has 1 aromatic rings. The van der Waals surface area contributed by atoms with Gasteiger partial charge in [0.25, 0.3) is 0 Å². The number of aryl methyl sites for hydroxylation is 1. The van der Waals surface area contributed by atoms with Gasteiger partial charge in [0, 0.05) is 17.9 Å². The van der Waals surface area contributed by atoms with Gasteiger partial charge in [-0.3, -0.25) is 4.98 Å². The minimum atomic E-state index is 0.796. The second-order valence-electron chi connectivity index (χ2n) is 3.47. The van der Waals surface area contributed by atoms with Crippen molar-refractivity contribution in [1.82, 2.24) is 10.3 Å². The Bertz CT molecular complexity index is 215. The molecule has 2 heteroatoms. The third-order valence-corrected chi connectivity index (χ3v) is 2.12. The second kappa shape index (κ2) is 5.70. The van der Waals surface area contributed by atoms with Crippen LogP contribution in [-0.4, -0.2) is 17.6 Å². The maximum atomic E-state index is 3.98. The van der Waals surface area contributed by atoms with E-state index in [1.54, 1.807) is 6.20 Å². The van der Waals surface area contributed by atoms with Crippen molar-refractivity contribution in [2.75, 3.05) is 6.54 Å². The Kier molecular flexibility index (Phi) is 4.47. The van der Waals surface area contributed by atoms with Crippen molar-refractivity contribution < 1.29 is 0 Å². The Labute approximate surface area is 80.4 Å². The molecule has 1 aliphatic heterocycles. The first-order chi connectivity index (χ1) is 6.29. The van der Waals surface area contributed by atoms with Crippen molar-refractivity contribution in [2.24, 2.45) is 0 Å². The predicted octanol–water partition coefficient (Wildman–Crippen LogP) is 2.15. The van der Waals surface area contributed by atoms with Gasteiger partial charge in [0.1, 0.15) is 0 Å². The highest BCUT2D eigenvalue weighted by Crippen LogP contribution is 2.01. The minimum absolute atomic E-state index is 0.796. The van der Waals surface area contributed by atoms with E-state index in [4.69, 9.17) is 0 Å². The van der Waals surface area contributed by atoms with Crippen LogP contribution in [0.1, 0.15) is 25.5 Å². The molecule has 0 aromatic carbocycles. The summed E-state index contributed by atoms with van der Waals surface area (Å²) in [6.07, 6.45) is 4.54. The fraction of sp³-hybridized carbons (Fsp3) is 0.545. The third kappa shape index (κ3) is 4.63. The normalized spacial score (nSPS) is 20.6. The number of hydrogen-bond acceptors (Lipinski definition) is 2. The molecular weight excluding hydrogens is 160 g/mol. The zero-order chi connectivity index (χ0) is 9.52. The van der Waals surface area contributed by atoms with Crippen LogP contribution in [0.25, 0.3) is 0 Å². The highest BCUT2D eigenvalue weighted by atomic mass is 14.9. The Morgan fingerprint density at radius 2 is 2.31 bits per heavy atom. The van der Waals surface area contributed by atoms with E-state index >= 15 is 0 Å². The van der Waals surface area contributed by atoms with Crippen LogP contribution >= 0.6 is 0 Å². The number of pyridine rings is 1. The summed E-state index contributed by atoms with van der Waals surface area (Å²) < 4.78 is 0. The van der Waals surface area contributed by atoms with Crippen LogP contribution in [-0.2, 0) is 0 Å². The summed E-state index contributed by atoms with van der Waals surface area (Å²) in [7, 11) is 0. The Morgan fingerprint density at radius 1 is 1.46 bits per heavy atom. The molecule has 2 rings (SSSR count). The second-order valence-corrected chi connectivity index (χ2v) is 3.47. The van der Waals surface area contributed by atoms with Crippen molar-refractivity contribution in [1.29, 1.82) is 0 Å². The molecule has 0 amide bonds. The number of rotatable bonds is 0. The summed E-state index contributed by atoms with van der Waals surface area (Å²) in [4.78, 5) is 3.98. The summed E-state index contributed by atoms with van der Waals surface area (Å²) in [6.45, 7) is 5.44. The van der Waals surface area contributed by atoms with E-state index < -0.39 is 0 Å². The van der Waals surface area contributed by atoms with Crippen LogP contribution in [0.15, 0.2) is 24.4 Å². The lowest BCUT2D eigenvalue weighted by Gasteiger charge is -1.95. The molecular formula is C11H18N2. The Balaban J connectivity index is 0.000000132. The lowest BCUT2D eigenvalue weighted by atomic mass is 10.3. The average Bonchev–Trinajstić information content (AvgIpc) is 2.58. The molecule has 1 N–H and O–H groups in total. The quantitative estimate of drug-likeness (QED) is 0.658. The number of nitrogens with zero attached hydrogens (tertiary/aromatic N) is 1. The number of nitrogens with one attached hydrogen (secondary N) is 1. The van der Waals surface area contributed by atoms with Crippen molar-refractivity contribution in [3.05, 3.63) is 30.1 Å². The molecule has 2 nitrogen and oxygen atoms in total. The predicted molar refractivity (Wildman–Crippen MR) is 55.7 cm³/mol.